The van der Waals surface area contributed by atoms with E-state index in [1.54, 1.807) is 30.5 Å². The van der Waals surface area contributed by atoms with Gasteiger partial charge in [0.25, 0.3) is 11.8 Å². The van der Waals surface area contributed by atoms with Crippen LogP contribution in [-0.2, 0) is 4.79 Å². The highest BCUT2D eigenvalue weighted by atomic mass is 35.5. The lowest BCUT2D eigenvalue weighted by atomic mass is 10.1. The first-order valence-electron chi connectivity index (χ1n) is 10.6. The highest BCUT2D eigenvalue weighted by Gasteiger charge is 2.30. The van der Waals surface area contributed by atoms with E-state index in [0.717, 1.165) is 39.1 Å². The summed E-state index contributed by atoms with van der Waals surface area (Å²) >= 11 is 12.5. The van der Waals surface area contributed by atoms with Crippen LogP contribution in [0.1, 0.15) is 27.3 Å². The minimum absolute atomic E-state index is 0.124. The van der Waals surface area contributed by atoms with Crippen molar-refractivity contribution in [2.45, 2.75) is 13.8 Å². The Kier molecular flexibility index (Phi) is 5.63. The molecule has 0 spiro atoms. The average Bonchev–Trinajstić information content (AvgIpc) is 3.25. The van der Waals surface area contributed by atoms with Gasteiger partial charge in [-0.1, -0.05) is 47.5 Å². The fourth-order valence-corrected chi connectivity index (χ4v) is 4.80. The second-order valence-electron chi connectivity index (χ2n) is 8.12. The van der Waals surface area contributed by atoms with Crippen molar-refractivity contribution in [2.75, 3.05) is 11.4 Å². The van der Waals surface area contributed by atoms with Gasteiger partial charge in [-0.3, -0.25) is 14.5 Å². The molecule has 4 aromatic rings. The summed E-state index contributed by atoms with van der Waals surface area (Å²) in [4.78, 5) is 27.0. The number of rotatable bonds is 5. The number of hydrogen-bond donors (Lipinski definition) is 1. The largest absolute Gasteiger partial charge is 0.316 e. The molecule has 0 saturated heterocycles. The molecule has 0 bridgehead atoms. The zero-order chi connectivity index (χ0) is 24.0. The molecule has 6 nitrogen and oxygen atoms in total. The van der Waals surface area contributed by atoms with Crippen LogP contribution in [0.2, 0.25) is 10.0 Å². The number of amides is 2. The molecule has 0 atom stereocenters. The molecule has 0 aliphatic carbocycles. The molecule has 34 heavy (non-hydrogen) atoms. The van der Waals surface area contributed by atoms with Crippen molar-refractivity contribution in [2.24, 2.45) is 5.10 Å². The smallest absolute Gasteiger partial charge is 0.260 e. The van der Waals surface area contributed by atoms with E-state index in [0.29, 0.717) is 15.6 Å². The van der Waals surface area contributed by atoms with Gasteiger partial charge in [0.1, 0.15) is 6.54 Å². The van der Waals surface area contributed by atoms with Gasteiger partial charge < -0.3 is 4.57 Å². The minimum Gasteiger partial charge on any atom is -0.316 e. The number of anilines is 1. The maximum Gasteiger partial charge on any atom is 0.260 e. The lowest BCUT2D eigenvalue weighted by Gasteiger charge is -2.16. The van der Waals surface area contributed by atoms with Crippen LogP contribution < -0.4 is 10.3 Å². The van der Waals surface area contributed by atoms with Crippen molar-refractivity contribution in [1.29, 1.82) is 0 Å². The number of hydrogen-bond acceptors (Lipinski definition) is 3. The second-order valence-corrected chi connectivity index (χ2v) is 8.97. The lowest BCUT2D eigenvalue weighted by Crippen LogP contribution is -2.37. The number of hydrazone groups is 1. The molecule has 1 aliphatic heterocycles. The molecule has 3 aromatic carbocycles. The fraction of sp³-hybridized carbons (Fsp3) is 0.115. The highest BCUT2D eigenvalue weighted by molar-refractivity contribution is 6.34. The zero-order valence-corrected chi connectivity index (χ0v) is 20.0. The molecule has 1 aliphatic rings. The molecule has 0 unspecified atom stereocenters. The first-order valence-corrected chi connectivity index (χ1v) is 11.4. The topological polar surface area (TPSA) is 66.7 Å². The summed E-state index contributed by atoms with van der Waals surface area (Å²) in [6.07, 6.45) is 1.58. The normalized spacial score (nSPS) is 12.8. The lowest BCUT2D eigenvalue weighted by molar-refractivity contribution is -0.119. The molecule has 8 heteroatoms. The fourth-order valence-electron chi connectivity index (χ4n) is 4.44. The Morgan fingerprint density at radius 1 is 1.03 bits per heavy atom. The van der Waals surface area contributed by atoms with Crippen LogP contribution in [0.25, 0.3) is 16.5 Å². The van der Waals surface area contributed by atoms with Gasteiger partial charge in [-0.25, -0.2) is 5.43 Å². The number of carbonyl (C=O) groups excluding carboxylic acids is 2. The van der Waals surface area contributed by atoms with Gasteiger partial charge in [0.15, 0.2) is 0 Å². The molecule has 5 rings (SSSR count). The molecule has 0 fully saturated rings. The standard InChI is InChI=1S/C26H20Cl2N4O2/c1-15-11-18(16(2)32(15)23-12-19(27)9-10-21(23)28)13-29-30-24(33)14-31-22-8-4-6-17-5-3-7-20(25(17)22)26(31)34/h3-13H,14H2,1-2H3,(H,30,33)/b29-13-. The Morgan fingerprint density at radius 3 is 2.59 bits per heavy atom. The van der Waals surface area contributed by atoms with E-state index in [2.05, 4.69) is 10.5 Å². The minimum atomic E-state index is -0.388. The molecule has 0 radical (unpaired) electrons. The van der Waals surface area contributed by atoms with E-state index in [4.69, 9.17) is 23.2 Å². The Hall–Kier alpha value is -3.61. The third-order valence-corrected chi connectivity index (χ3v) is 6.52. The van der Waals surface area contributed by atoms with Gasteiger partial charge in [-0.05, 0) is 55.6 Å². The second kappa shape index (κ2) is 8.63. The van der Waals surface area contributed by atoms with Gasteiger partial charge in [0, 0.05) is 32.9 Å². The third kappa shape index (κ3) is 3.75. The molecule has 2 heterocycles. The summed E-state index contributed by atoms with van der Waals surface area (Å²) in [5.41, 5.74) is 7.32. The van der Waals surface area contributed by atoms with Gasteiger partial charge in [0.05, 0.1) is 22.6 Å². The first-order chi connectivity index (χ1) is 16.3. The van der Waals surface area contributed by atoms with Crippen molar-refractivity contribution < 1.29 is 9.59 Å². The van der Waals surface area contributed by atoms with Crippen LogP contribution in [0, 0.1) is 13.8 Å². The van der Waals surface area contributed by atoms with Crippen LogP contribution in [0.5, 0.6) is 0 Å². The van der Waals surface area contributed by atoms with Crippen LogP contribution >= 0.6 is 23.2 Å². The number of aromatic nitrogens is 1. The highest BCUT2D eigenvalue weighted by Crippen LogP contribution is 2.36. The maximum atomic E-state index is 12.9. The van der Waals surface area contributed by atoms with Crippen molar-refractivity contribution in [3.8, 4) is 5.69 Å². The number of benzene rings is 3. The quantitative estimate of drug-likeness (QED) is 0.289. The van der Waals surface area contributed by atoms with E-state index in [9.17, 15) is 9.59 Å². The third-order valence-electron chi connectivity index (χ3n) is 5.96. The predicted octanol–water partition coefficient (Wildman–Crippen LogP) is 5.66. The molecular weight excluding hydrogens is 471 g/mol. The summed E-state index contributed by atoms with van der Waals surface area (Å²) in [7, 11) is 0. The van der Waals surface area contributed by atoms with E-state index < -0.39 is 0 Å². The number of nitrogens with one attached hydrogen (secondary N) is 1. The maximum absolute atomic E-state index is 12.9. The van der Waals surface area contributed by atoms with Gasteiger partial charge in [0.2, 0.25) is 0 Å². The summed E-state index contributed by atoms with van der Waals surface area (Å²) in [6, 6.07) is 18.5. The van der Waals surface area contributed by atoms with Crippen LogP contribution in [0.15, 0.2) is 65.8 Å². The van der Waals surface area contributed by atoms with Crippen LogP contribution in [-0.4, -0.2) is 29.1 Å². The van der Waals surface area contributed by atoms with Gasteiger partial charge in [-0.15, -0.1) is 0 Å². The zero-order valence-electron chi connectivity index (χ0n) is 18.5. The molecular formula is C26H20Cl2N4O2. The van der Waals surface area contributed by atoms with E-state index >= 15 is 0 Å². The monoisotopic (exact) mass is 490 g/mol. The molecule has 170 valence electrons. The molecule has 1 N–H and O–H groups in total. The van der Waals surface area contributed by atoms with Crippen LogP contribution in [0.4, 0.5) is 5.69 Å². The Morgan fingerprint density at radius 2 is 1.79 bits per heavy atom. The molecule has 0 saturated carbocycles. The van der Waals surface area contributed by atoms with E-state index in [1.165, 1.54) is 4.90 Å². The summed E-state index contributed by atoms with van der Waals surface area (Å²) in [5.74, 6) is -0.575. The number of halogens is 2. The van der Waals surface area contributed by atoms with Gasteiger partial charge >= 0.3 is 0 Å². The molecule has 2 amide bonds. The predicted molar refractivity (Wildman–Crippen MR) is 137 cm³/mol. The Balaban J connectivity index is 1.32. The number of nitrogens with zero attached hydrogens (tertiary/aromatic N) is 3. The SMILES string of the molecule is Cc1cc(/C=N\NC(=O)CN2C(=O)c3cccc4cccc2c34)c(C)n1-c1cc(Cl)ccc1Cl. The first kappa shape index (κ1) is 22.2. The van der Waals surface area contributed by atoms with Crippen molar-refractivity contribution in [3.63, 3.8) is 0 Å². The van der Waals surface area contributed by atoms with Gasteiger partial charge in [-0.2, -0.15) is 5.10 Å². The van der Waals surface area contributed by atoms with Crippen LogP contribution in [0.3, 0.4) is 0 Å². The summed E-state index contributed by atoms with van der Waals surface area (Å²) in [5, 5.41) is 7.13. The Labute approximate surface area is 206 Å². The number of aryl methyl sites for hydroxylation is 1. The van der Waals surface area contributed by atoms with Crippen molar-refractivity contribution in [3.05, 3.63) is 93.2 Å². The van der Waals surface area contributed by atoms with Crippen molar-refractivity contribution >= 4 is 57.7 Å². The summed E-state index contributed by atoms with van der Waals surface area (Å²) < 4.78 is 1.98. The van der Waals surface area contributed by atoms with E-state index in [-0.39, 0.29) is 18.4 Å². The average molecular weight is 491 g/mol. The Bertz CT molecular complexity index is 1500. The van der Waals surface area contributed by atoms with Crippen molar-refractivity contribution in [1.82, 2.24) is 9.99 Å². The summed E-state index contributed by atoms with van der Waals surface area (Å²) in [6.45, 7) is 3.77. The number of carbonyl (C=O) groups is 2. The van der Waals surface area contributed by atoms with E-state index in [1.807, 2.05) is 54.8 Å². The molecule has 1 aromatic heterocycles.